The average molecular weight is 563 g/mol. The van der Waals surface area contributed by atoms with E-state index in [1.165, 1.54) is 25.1 Å². The van der Waals surface area contributed by atoms with Gasteiger partial charge < -0.3 is 15.1 Å². The number of hydrogen-bond acceptors (Lipinski definition) is 6. The van der Waals surface area contributed by atoms with Gasteiger partial charge in [-0.1, -0.05) is 60.7 Å². The van der Waals surface area contributed by atoms with Crippen LogP contribution in [0.25, 0.3) is 17.7 Å². The molecular weight excluding hydrogens is 536 g/mol. The van der Waals surface area contributed by atoms with E-state index in [1.54, 1.807) is 6.08 Å². The molecule has 1 aromatic heterocycles. The van der Waals surface area contributed by atoms with Crippen molar-refractivity contribution in [2.24, 2.45) is 0 Å². The molecule has 0 saturated carbocycles. The second kappa shape index (κ2) is 12.9. The molecule has 0 atom stereocenters. The molecule has 10 heteroatoms. The summed E-state index contributed by atoms with van der Waals surface area (Å²) in [6, 6.07) is 28.8. The summed E-state index contributed by atoms with van der Waals surface area (Å²) < 4.78 is 1.53. The number of nitrogens with zero attached hydrogens (tertiary/aromatic N) is 4. The fraction of sp³-hybridized carbons (Fsp3) is 0.0938. The first kappa shape index (κ1) is 29.0. The third-order valence-electron chi connectivity index (χ3n) is 6.35. The van der Waals surface area contributed by atoms with Crippen molar-refractivity contribution in [1.29, 1.82) is 5.26 Å². The molecule has 0 bridgehead atoms. The zero-order valence-corrected chi connectivity index (χ0v) is 22.5. The van der Waals surface area contributed by atoms with Gasteiger partial charge in [-0.05, 0) is 55.0 Å². The van der Waals surface area contributed by atoms with Gasteiger partial charge in [-0.2, -0.15) is 5.26 Å². The van der Waals surface area contributed by atoms with E-state index in [1.807, 2.05) is 84.9 Å². The molecule has 0 spiro atoms. The maximum absolute atomic E-state index is 13.2. The van der Waals surface area contributed by atoms with Crippen LogP contribution in [0.3, 0.4) is 0 Å². The van der Waals surface area contributed by atoms with Crippen LogP contribution in [0.5, 0.6) is 0 Å². The lowest BCUT2D eigenvalue weighted by atomic mass is 10.1. The van der Waals surface area contributed by atoms with Gasteiger partial charge in [-0.3, -0.25) is 23.5 Å². The van der Waals surface area contributed by atoms with E-state index in [2.05, 4.69) is 4.90 Å². The van der Waals surface area contributed by atoms with Crippen LogP contribution in [0.15, 0.2) is 101 Å². The zero-order chi connectivity index (χ0) is 30.2. The van der Waals surface area contributed by atoms with Crippen LogP contribution in [0.2, 0.25) is 0 Å². The molecule has 2 N–H and O–H groups in total. The van der Waals surface area contributed by atoms with E-state index in [0.29, 0.717) is 4.57 Å². The molecule has 3 aromatic carbocycles. The Kier molecular flexibility index (Phi) is 8.94. The maximum atomic E-state index is 13.2. The highest BCUT2D eigenvalue weighted by Crippen LogP contribution is 2.34. The molecular formula is C32H26N4O6. The van der Waals surface area contributed by atoms with E-state index in [0.717, 1.165) is 27.2 Å². The molecule has 0 aliphatic heterocycles. The Labute approximate surface area is 239 Å². The number of anilines is 3. The minimum absolute atomic E-state index is 0.0993. The number of carboxylic acids is 2. The van der Waals surface area contributed by atoms with Crippen LogP contribution < -0.4 is 26.7 Å². The second-order valence-electron chi connectivity index (χ2n) is 8.99. The normalized spacial score (nSPS) is 12.1. The van der Waals surface area contributed by atoms with Crippen LogP contribution in [-0.4, -0.2) is 31.3 Å². The minimum Gasteiger partial charge on any atom is -0.480 e. The first-order valence-electron chi connectivity index (χ1n) is 12.9. The number of carboxylic acid groups (broad SMARTS) is 2. The number of aliphatic carboxylic acids is 2. The van der Waals surface area contributed by atoms with Gasteiger partial charge >= 0.3 is 11.9 Å². The van der Waals surface area contributed by atoms with Crippen molar-refractivity contribution < 1.29 is 19.8 Å². The Morgan fingerprint density at radius 1 is 0.833 bits per heavy atom. The van der Waals surface area contributed by atoms with Gasteiger partial charge in [0.2, 0.25) is 0 Å². The van der Waals surface area contributed by atoms with E-state index >= 15 is 0 Å². The molecule has 0 aliphatic carbocycles. The van der Waals surface area contributed by atoms with Crippen molar-refractivity contribution in [3.05, 3.63) is 128 Å². The van der Waals surface area contributed by atoms with E-state index in [4.69, 9.17) is 0 Å². The van der Waals surface area contributed by atoms with Crippen LogP contribution in [0.1, 0.15) is 12.5 Å². The smallest absolute Gasteiger partial charge is 0.350 e. The fourth-order valence-corrected chi connectivity index (χ4v) is 4.49. The van der Waals surface area contributed by atoms with Gasteiger partial charge in [-0.25, -0.2) is 4.79 Å². The topological polar surface area (TPSA) is 146 Å². The molecule has 0 unspecified atom stereocenters. The number of para-hydroxylation sites is 2. The third kappa shape index (κ3) is 6.11. The molecule has 4 rings (SSSR count). The van der Waals surface area contributed by atoms with Crippen molar-refractivity contribution >= 4 is 46.7 Å². The van der Waals surface area contributed by atoms with Crippen molar-refractivity contribution in [3.63, 3.8) is 0 Å². The number of hydrogen-bond donors (Lipinski definition) is 2. The molecule has 10 nitrogen and oxygen atoms in total. The quantitative estimate of drug-likeness (QED) is 0.317. The lowest BCUT2D eigenvalue weighted by molar-refractivity contribution is -0.138. The van der Waals surface area contributed by atoms with Crippen molar-refractivity contribution in [2.75, 3.05) is 4.90 Å². The Bertz CT molecular complexity index is 1900. The lowest BCUT2D eigenvalue weighted by Crippen LogP contribution is -2.59. The highest BCUT2D eigenvalue weighted by molar-refractivity contribution is 6.13. The number of aromatic nitrogens is 2. The third-order valence-corrected chi connectivity index (χ3v) is 6.35. The molecule has 0 fully saturated rings. The van der Waals surface area contributed by atoms with E-state index < -0.39 is 40.7 Å². The first-order chi connectivity index (χ1) is 20.3. The number of benzene rings is 3. The Balaban J connectivity index is 1.78. The average Bonchev–Trinajstić information content (AvgIpc) is 2.99. The van der Waals surface area contributed by atoms with Crippen molar-refractivity contribution in [2.45, 2.75) is 20.0 Å². The minimum atomic E-state index is -1.68. The summed E-state index contributed by atoms with van der Waals surface area (Å²) in [5.74, 6) is -3.13. The summed E-state index contributed by atoms with van der Waals surface area (Å²) in [6.07, 6.45) is 4.41. The van der Waals surface area contributed by atoms with Crippen LogP contribution in [-0.2, 0) is 22.7 Å². The summed E-state index contributed by atoms with van der Waals surface area (Å²) >= 11 is 0. The van der Waals surface area contributed by atoms with Crippen LogP contribution in [0.4, 0.5) is 17.1 Å². The van der Waals surface area contributed by atoms with Gasteiger partial charge in [0, 0.05) is 23.6 Å². The molecule has 0 radical (unpaired) electrons. The second-order valence-corrected chi connectivity index (χ2v) is 8.99. The van der Waals surface area contributed by atoms with Gasteiger partial charge in [0.25, 0.3) is 11.1 Å². The molecule has 4 aromatic rings. The number of carbonyl (C=O) groups is 2. The maximum Gasteiger partial charge on any atom is 0.350 e. The van der Waals surface area contributed by atoms with Gasteiger partial charge in [-0.15, -0.1) is 0 Å². The monoisotopic (exact) mass is 562 g/mol. The Hall–Kier alpha value is -5.95. The summed E-state index contributed by atoms with van der Waals surface area (Å²) in [5.41, 5.74) is 0.306. The van der Waals surface area contributed by atoms with Crippen LogP contribution in [0, 0.1) is 11.3 Å². The molecule has 1 heterocycles. The van der Waals surface area contributed by atoms with Gasteiger partial charge in [0.05, 0.1) is 0 Å². The molecule has 0 amide bonds. The summed E-state index contributed by atoms with van der Waals surface area (Å²) in [7, 11) is 0. The zero-order valence-electron chi connectivity index (χ0n) is 22.5. The predicted molar refractivity (Wildman–Crippen MR) is 159 cm³/mol. The standard InChI is InChI=1S/C32H26N4O6/c1-2-34-29(27(20-33)32(41)42)35(21-28(37)38)31(40)26(30(34)39)15-9-10-22-16-18-25(19-17-22)36(23-11-5-3-6-12-23)24-13-7-4-8-14-24/h3-19H,2,21H2,1H3,(H,37,38)(H,41,42)/b10-9+,26-15+,29-27-. The van der Waals surface area contributed by atoms with Crippen molar-refractivity contribution in [3.8, 4) is 6.07 Å². The molecule has 42 heavy (non-hydrogen) atoms. The summed E-state index contributed by atoms with van der Waals surface area (Å²) in [5, 5.41) is 27.8. The number of nitriles is 1. The highest BCUT2D eigenvalue weighted by Gasteiger charge is 2.19. The molecule has 210 valence electrons. The first-order valence-corrected chi connectivity index (χ1v) is 12.9. The Morgan fingerprint density at radius 3 is 1.83 bits per heavy atom. The number of rotatable bonds is 9. The molecule has 0 aliphatic rings. The molecule has 0 saturated heterocycles. The Morgan fingerprint density at radius 2 is 1.36 bits per heavy atom. The summed E-state index contributed by atoms with van der Waals surface area (Å²) in [6.45, 7) is 0.489. The lowest BCUT2D eigenvalue weighted by Gasteiger charge is -2.25. The predicted octanol–water partition coefficient (Wildman–Crippen LogP) is 2.84. The van der Waals surface area contributed by atoms with Gasteiger partial charge in [0.15, 0.2) is 5.57 Å². The van der Waals surface area contributed by atoms with Gasteiger partial charge in [0.1, 0.15) is 23.3 Å². The van der Waals surface area contributed by atoms with E-state index in [-0.39, 0.29) is 11.8 Å². The number of allylic oxidation sites excluding steroid dienone is 1. The van der Waals surface area contributed by atoms with Crippen LogP contribution >= 0.6 is 0 Å². The highest BCUT2D eigenvalue weighted by atomic mass is 16.4. The van der Waals surface area contributed by atoms with Crippen molar-refractivity contribution in [1.82, 2.24) is 9.13 Å². The fourth-order valence-electron chi connectivity index (χ4n) is 4.49. The van der Waals surface area contributed by atoms with E-state index in [9.17, 15) is 34.7 Å². The largest absolute Gasteiger partial charge is 0.480 e. The summed E-state index contributed by atoms with van der Waals surface area (Å²) in [4.78, 5) is 51.6. The SMILES string of the molecule is CCn1c(=O)/c(=C\C=C\c2ccc(N(c3ccccc3)c3ccccc3)cc2)c(=O)n(CC(=O)O)/c1=C(/C#N)C(=O)O.